The quantitative estimate of drug-likeness (QED) is 0.743. The lowest BCUT2D eigenvalue weighted by molar-refractivity contribution is 0.236. The van der Waals surface area contributed by atoms with Crippen molar-refractivity contribution in [2.24, 2.45) is 7.05 Å². The Kier molecular flexibility index (Phi) is 3.46. The highest BCUT2D eigenvalue weighted by molar-refractivity contribution is 5.46. The van der Waals surface area contributed by atoms with E-state index in [0.29, 0.717) is 5.82 Å². The van der Waals surface area contributed by atoms with Gasteiger partial charge in [-0.2, -0.15) is 5.10 Å². The highest BCUT2D eigenvalue weighted by atomic mass is 16.3. The standard InChI is InChI=1S/C17H19N5O/c1-12-8-14(21(2)20-12)11-22-6-5-15-13(10-22)9-18-17(19-15)16-4-3-7-23-16/h3-4,7-9H,5-6,10-11H2,1-2H3. The molecule has 4 rings (SSSR count). The number of hydrogen-bond donors (Lipinski definition) is 0. The van der Waals surface area contributed by atoms with Crippen LogP contribution in [0.5, 0.6) is 0 Å². The number of rotatable bonds is 3. The molecule has 3 aromatic heterocycles. The maximum absolute atomic E-state index is 5.38. The van der Waals surface area contributed by atoms with Crippen molar-refractivity contribution < 1.29 is 4.42 Å². The molecule has 23 heavy (non-hydrogen) atoms. The predicted molar refractivity (Wildman–Crippen MR) is 85.5 cm³/mol. The molecule has 0 N–H and O–H groups in total. The average molecular weight is 309 g/mol. The highest BCUT2D eigenvalue weighted by Crippen LogP contribution is 2.22. The fraction of sp³-hybridized carbons (Fsp3) is 0.353. The van der Waals surface area contributed by atoms with E-state index in [0.717, 1.165) is 43.2 Å². The molecule has 6 nitrogen and oxygen atoms in total. The molecule has 4 heterocycles. The van der Waals surface area contributed by atoms with Crippen LogP contribution < -0.4 is 0 Å². The minimum absolute atomic E-state index is 0.671. The van der Waals surface area contributed by atoms with Crippen LogP contribution in [0.2, 0.25) is 0 Å². The van der Waals surface area contributed by atoms with Crippen molar-refractivity contribution in [2.45, 2.75) is 26.4 Å². The van der Waals surface area contributed by atoms with Gasteiger partial charge < -0.3 is 4.42 Å². The molecule has 0 spiro atoms. The van der Waals surface area contributed by atoms with Crippen LogP contribution in [0, 0.1) is 6.92 Å². The average Bonchev–Trinajstić information content (AvgIpc) is 3.17. The second-order valence-electron chi connectivity index (χ2n) is 6.00. The van der Waals surface area contributed by atoms with Crippen LogP contribution in [0.4, 0.5) is 0 Å². The Labute approximate surface area is 134 Å². The molecule has 0 fully saturated rings. The molecule has 3 aromatic rings. The molecule has 0 saturated heterocycles. The summed E-state index contributed by atoms with van der Waals surface area (Å²) in [5, 5.41) is 4.42. The van der Waals surface area contributed by atoms with E-state index < -0.39 is 0 Å². The molecule has 0 radical (unpaired) electrons. The maximum Gasteiger partial charge on any atom is 0.195 e. The van der Waals surface area contributed by atoms with Gasteiger partial charge in [0.1, 0.15) is 0 Å². The smallest absolute Gasteiger partial charge is 0.195 e. The largest absolute Gasteiger partial charge is 0.461 e. The predicted octanol–water partition coefficient (Wildman–Crippen LogP) is 2.34. The normalized spacial score (nSPS) is 14.9. The van der Waals surface area contributed by atoms with Gasteiger partial charge in [0, 0.05) is 44.9 Å². The van der Waals surface area contributed by atoms with Crippen molar-refractivity contribution in [3.8, 4) is 11.6 Å². The Bertz CT molecular complexity index is 822. The van der Waals surface area contributed by atoms with Gasteiger partial charge in [-0.05, 0) is 25.1 Å². The molecule has 0 unspecified atom stereocenters. The van der Waals surface area contributed by atoms with Gasteiger partial charge in [-0.3, -0.25) is 9.58 Å². The second kappa shape index (κ2) is 5.62. The summed E-state index contributed by atoms with van der Waals surface area (Å²) in [5.41, 5.74) is 4.62. The Balaban J connectivity index is 1.52. The Morgan fingerprint density at radius 2 is 2.26 bits per heavy atom. The first kappa shape index (κ1) is 14.1. The van der Waals surface area contributed by atoms with E-state index in [1.807, 2.05) is 37.0 Å². The summed E-state index contributed by atoms with van der Waals surface area (Å²) in [6.07, 6.45) is 4.51. The van der Waals surface area contributed by atoms with Gasteiger partial charge in [0.05, 0.1) is 23.3 Å². The number of nitrogens with zero attached hydrogens (tertiary/aromatic N) is 5. The van der Waals surface area contributed by atoms with Gasteiger partial charge in [-0.1, -0.05) is 0 Å². The number of furan rings is 1. The molecule has 1 aliphatic rings. The Hall–Kier alpha value is -2.47. The van der Waals surface area contributed by atoms with E-state index in [2.05, 4.69) is 26.0 Å². The Morgan fingerprint density at radius 1 is 1.35 bits per heavy atom. The summed E-state index contributed by atoms with van der Waals surface area (Å²) < 4.78 is 7.34. The summed E-state index contributed by atoms with van der Waals surface area (Å²) in [6, 6.07) is 5.89. The van der Waals surface area contributed by atoms with Crippen molar-refractivity contribution in [1.82, 2.24) is 24.6 Å². The summed E-state index contributed by atoms with van der Waals surface area (Å²) in [4.78, 5) is 11.5. The minimum Gasteiger partial charge on any atom is -0.461 e. The van der Waals surface area contributed by atoms with Crippen LogP contribution in [-0.2, 0) is 26.6 Å². The van der Waals surface area contributed by atoms with Gasteiger partial charge in [0.25, 0.3) is 0 Å². The molecule has 0 saturated carbocycles. The molecule has 1 aliphatic heterocycles. The van der Waals surface area contributed by atoms with Crippen molar-refractivity contribution in [3.05, 3.63) is 53.3 Å². The molecule has 0 bridgehead atoms. The third-order valence-electron chi connectivity index (χ3n) is 4.24. The lowest BCUT2D eigenvalue weighted by Crippen LogP contribution is -2.31. The van der Waals surface area contributed by atoms with Crippen LogP contribution >= 0.6 is 0 Å². The zero-order valence-corrected chi connectivity index (χ0v) is 13.4. The van der Waals surface area contributed by atoms with E-state index in [1.54, 1.807) is 6.26 Å². The third-order valence-corrected chi connectivity index (χ3v) is 4.24. The number of hydrogen-bond acceptors (Lipinski definition) is 5. The monoisotopic (exact) mass is 309 g/mol. The van der Waals surface area contributed by atoms with Crippen LogP contribution in [0.1, 0.15) is 22.6 Å². The number of aromatic nitrogens is 4. The zero-order chi connectivity index (χ0) is 15.8. The first-order valence-electron chi connectivity index (χ1n) is 7.79. The first-order chi connectivity index (χ1) is 11.2. The molecule has 0 atom stereocenters. The van der Waals surface area contributed by atoms with Gasteiger partial charge in [0.2, 0.25) is 0 Å². The SMILES string of the molecule is Cc1cc(CN2CCc3nc(-c4ccco4)ncc3C2)n(C)n1. The minimum atomic E-state index is 0.671. The number of aryl methyl sites for hydroxylation is 2. The van der Waals surface area contributed by atoms with E-state index in [1.165, 1.54) is 11.3 Å². The van der Waals surface area contributed by atoms with E-state index in [9.17, 15) is 0 Å². The number of fused-ring (bicyclic) bond motifs is 1. The van der Waals surface area contributed by atoms with Crippen molar-refractivity contribution in [1.29, 1.82) is 0 Å². The van der Waals surface area contributed by atoms with Gasteiger partial charge in [0.15, 0.2) is 11.6 Å². The zero-order valence-electron chi connectivity index (χ0n) is 13.4. The van der Waals surface area contributed by atoms with Gasteiger partial charge >= 0.3 is 0 Å². The van der Waals surface area contributed by atoms with Crippen LogP contribution in [0.3, 0.4) is 0 Å². The fourth-order valence-electron chi connectivity index (χ4n) is 3.08. The van der Waals surface area contributed by atoms with E-state index in [4.69, 9.17) is 4.42 Å². The summed E-state index contributed by atoms with van der Waals surface area (Å²) in [6.45, 7) is 4.79. The van der Waals surface area contributed by atoms with Crippen molar-refractivity contribution in [2.75, 3.05) is 6.54 Å². The molecular weight excluding hydrogens is 290 g/mol. The van der Waals surface area contributed by atoms with Crippen molar-refractivity contribution >= 4 is 0 Å². The van der Waals surface area contributed by atoms with E-state index >= 15 is 0 Å². The molecule has 0 aromatic carbocycles. The summed E-state index contributed by atoms with van der Waals surface area (Å²) >= 11 is 0. The first-order valence-corrected chi connectivity index (χ1v) is 7.79. The van der Waals surface area contributed by atoms with E-state index in [-0.39, 0.29) is 0 Å². The summed E-state index contributed by atoms with van der Waals surface area (Å²) in [5.74, 6) is 1.39. The van der Waals surface area contributed by atoms with Crippen LogP contribution in [0.25, 0.3) is 11.6 Å². The van der Waals surface area contributed by atoms with Gasteiger partial charge in [-0.15, -0.1) is 0 Å². The van der Waals surface area contributed by atoms with Crippen LogP contribution in [-0.4, -0.2) is 31.2 Å². The second-order valence-corrected chi connectivity index (χ2v) is 6.00. The van der Waals surface area contributed by atoms with Gasteiger partial charge in [-0.25, -0.2) is 9.97 Å². The maximum atomic E-state index is 5.38. The van der Waals surface area contributed by atoms with Crippen LogP contribution in [0.15, 0.2) is 35.1 Å². The molecule has 0 aliphatic carbocycles. The van der Waals surface area contributed by atoms with Crippen molar-refractivity contribution in [3.63, 3.8) is 0 Å². The summed E-state index contributed by atoms with van der Waals surface area (Å²) in [7, 11) is 2.00. The molecule has 0 amide bonds. The third kappa shape index (κ3) is 2.77. The Morgan fingerprint density at radius 3 is 3.00 bits per heavy atom. The lowest BCUT2D eigenvalue weighted by atomic mass is 10.1. The molecule has 6 heteroatoms. The highest BCUT2D eigenvalue weighted by Gasteiger charge is 2.20. The lowest BCUT2D eigenvalue weighted by Gasteiger charge is -2.27. The molecule has 118 valence electrons. The molecular formula is C17H19N5O. The topological polar surface area (TPSA) is 60.0 Å². The fourth-order valence-corrected chi connectivity index (χ4v) is 3.08.